The molecule has 0 aromatic carbocycles. The number of amides is 1. The predicted molar refractivity (Wildman–Crippen MR) is 106 cm³/mol. The standard InChI is InChI=1S/C20H26N6O2/c1-5-15-22-23-19(28-15)25-12-10-24(11-13-25)17(27)16-14-8-6-7-9-26(14)18(21-16)20(2,3)4/h6-9H,5,10-13H2,1-4H3. The van der Waals surface area contributed by atoms with E-state index < -0.39 is 0 Å². The number of pyridine rings is 1. The van der Waals surface area contributed by atoms with Crippen LogP contribution in [0, 0.1) is 0 Å². The van der Waals surface area contributed by atoms with Crippen LogP contribution in [0.5, 0.6) is 0 Å². The minimum Gasteiger partial charge on any atom is -0.408 e. The summed E-state index contributed by atoms with van der Waals surface area (Å²) in [4.78, 5) is 21.9. The van der Waals surface area contributed by atoms with Gasteiger partial charge in [-0.05, 0) is 12.1 Å². The van der Waals surface area contributed by atoms with Gasteiger partial charge in [0.25, 0.3) is 5.91 Å². The van der Waals surface area contributed by atoms with E-state index in [4.69, 9.17) is 9.40 Å². The van der Waals surface area contributed by atoms with Crippen molar-refractivity contribution < 1.29 is 9.21 Å². The lowest BCUT2D eigenvalue weighted by molar-refractivity contribution is 0.0741. The Kier molecular flexibility index (Phi) is 4.56. The molecule has 1 aliphatic heterocycles. The molecule has 1 amide bonds. The summed E-state index contributed by atoms with van der Waals surface area (Å²) in [5.74, 6) is 1.49. The second-order valence-corrected chi connectivity index (χ2v) is 8.10. The van der Waals surface area contributed by atoms with Crippen LogP contribution in [-0.2, 0) is 11.8 Å². The lowest BCUT2D eigenvalue weighted by Crippen LogP contribution is -2.49. The van der Waals surface area contributed by atoms with Gasteiger partial charge in [-0.3, -0.25) is 4.79 Å². The molecule has 8 nitrogen and oxygen atoms in total. The number of hydrogen-bond acceptors (Lipinski definition) is 6. The number of carbonyl (C=O) groups is 1. The zero-order valence-electron chi connectivity index (χ0n) is 16.8. The molecule has 0 spiro atoms. The molecule has 1 fully saturated rings. The summed E-state index contributed by atoms with van der Waals surface area (Å²) >= 11 is 0. The lowest BCUT2D eigenvalue weighted by Gasteiger charge is -2.33. The smallest absolute Gasteiger partial charge is 0.318 e. The number of fused-ring (bicyclic) bond motifs is 1. The zero-order chi connectivity index (χ0) is 19.9. The Bertz CT molecular complexity index is 992. The van der Waals surface area contributed by atoms with Gasteiger partial charge < -0.3 is 18.6 Å². The predicted octanol–water partition coefficient (Wildman–Crippen LogP) is 2.54. The highest BCUT2D eigenvalue weighted by molar-refractivity contribution is 5.99. The van der Waals surface area contributed by atoms with Gasteiger partial charge in [0.1, 0.15) is 5.82 Å². The Labute approximate surface area is 164 Å². The van der Waals surface area contributed by atoms with Crippen molar-refractivity contribution in [1.82, 2.24) is 24.5 Å². The summed E-state index contributed by atoms with van der Waals surface area (Å²) in [6.07, 6.45) is 2.69. The quantitative estimate of drug-likeness (QED) is 0.693. The molecule has 4 heterocycles. The fourth-order valence-electron chi connectivity index (χ4n) is 3.49. The molecule has 1 saturated heterocycles. The van der Waals surface area contributed by atoms with E-state index in [0.717, 1.165) is 17.8 Å². The SMILES string of the molecule is CCc1nnc(N2CCN(C(=O)c3nc(C(C)(C)C)n4ccccc34)CC2)o1. The van der Waals surface area contributed by atoms with E-state index in [1.165, 1.54) is 0 Å². The van der Waals surface area contributed by atoms with Crippen molar-refractivity contribution in [3.8, 4) is 0 Å². The van der Waals surface area contributed by atoms with E-state index in [1.54, 1.807) is 0 Å². The third kappa shape index (κ3) is 3.23. The molecular formula is C20H26N6O2. The van der Waals surface area contributed by atoms with Crippen LogP contribution < -0.4 is 4.90 Å². The van der Waals surface area contributed by atoms with Crippen LogP contribution in [0.1, 0.15) is 49.9 Å². The number of imidazole rings is 1. The van der Waals surface area contributed by atoms with E-state index in [2.05, 4.69) is 31.0 Å². The van der Waals surface area contributed by atoms with Gasteiger partial charge in [-0.2, -0.15) is 0 Å². The van der Waals surface area contributed by atoms with Crippen molar-refractivity contribution in [3.63, 3.8) is 0 Å². The van der Waals surface area contributed by atoms with Crippen molar-refractivity contribution in [2.75, 3.05) is 31.1 Å². The monoisotopic (exact) mass is 382 g/mol. The molecule has 148 valence electrons. The number of rotatable bonds is 3. The molecule has 8 heteroatoms. The number of aryl methyl sites for hydroxylation is 1. The lowest BCUT2D eigenvalue weighted by atomic mass is 9.96. The largest absolute Gasteiger partial charge is 0.408 e. The summed E-state index contributed by atoms with van der Waals surface area (Å²) in [6, 6.07) is 6.40. The first-order chi connectivity index (χ1) is 13.4. The Balaban J connectivity index is 1.54. The van der Waals surface area contributed by atoms with Gasteiger partial charge in [-0.15, -0.1) is 5.10 Å². The molecule has 0 bridgehead atoms. The molecule has 1 aliphatic rings. The minimum atomic E-state index is -0.156. The van der Waals surface area contributed by atoms with Gasteiger partial charge in [0.15, 0.2) is 5.69 Å². The Morgan fingerprint density at radius 3 is 2.54 bits per heavy atom. The summed E-state index contributed by atoms with van der Waals surface area (Å²) in [5, 5.41) is 8.12. The molecule has 0 atom stereocenters. The average Bonchev–Trinajstić information content (AvgIpc) is 3.32. The van der Waals surface area contributed by atoms with Crippen molar-refractivity contribution >= 4 is 17.4 Å². The highest BCUT2D eigenvalue weighted by Crippen LogP contribution is 2.26. The van der Waals surface area contributed by atoms with Gasteiger partial charge in [0.05, 0.1) is 5.52 Å². The fourth-order valence-corrected chi connectivity index (χ4v) is 3.49. The number of piperazine rings is 1. The first-order valence-electron chi connectivity index (χ1n) is 9.72. The van der Waals surface area contributed by atoms with Crippen LogP contribution in [0.4, 0.5) is 6.01 Å². The number of hydrogen-bond donors (Lipinski definition) is 0. The number of carbonyl (C=O) groups excluding carboxylic acids is 1. The average molecular weight is 382 g/mol. The minimum absolute atomic E-state index is 0.0290. The third-order valence-electron chi connectivity index (χ3n) is 5.02. The maximum Gasteiger partial charge on any atom is 0.318 e. The van der Waals surface area contributed by atoms with Crippen LogP contribution in [-0.4, -0.2) is 56.6 Å². The molecule has 28 heavy (non-hydrogen) atoms. The molecule has 0 radical (unpaired) electrons. The molecule has 0 unspecified atom stereocenters. The Morgan fingerprint density at radius 1 is 1.14 bits per heavy atom. The fraction of sp³-hybridized carbons (Fsp3) is 0.500. The van der Waals surface area contributed by atoms with Crippen LogP contribution in [0.25, 0.3) is 5.52 Å². The summed E-state index contributed by atoms with van der Waals surface area (Å²) in [5.41, 5.74) is 1.21. The van der Waals surface area contributed by atoms with Crippen LogP contribution >= 0.6 is 0 Å². The molecule has 4 rings (SSSR count). The van der Waals surface area contributed by atoms with E-state index in [0.29, 0.717) is 43.8 Å². The van der Waals surface area contributed by atoms with Crippen molar-refractivity contribution in [2.24, 2.45) is 0 Å². The van der Waals surface area contributed by atoms with Gasteiger partial charge in [0, 0.05) is 44.2 Å². The highest BCUT2D eigenvalue weighted by Gasteiger charge is 2.30. The van der Waals surface area contributed by atoms with E-state index in [1.807, 2.05) is 45.5 Å². The first kappa shape index (κ1) is 18.5. The molecule has 0 aliphatic carbocycles. The second-order valence-electron chi connectivity index (χ2n) is 8.10. The topological polar surface area (TPSA) is 79.8 Å². The Hall–Kier alpha value is -2.90. The molecule has 0 saturated carbocycles. The van der Waals surface area contributed by atoms with Gasteiger partial charge in [-0.1, -0.05) is 38.9 Å². The van der Waals surface area contributed by atoms with E-state index in [-0.39, 0.29) is 11.3 Å². The van der Waals surface area contributed by atoms with Gasteiger partial charge in [-0.25, -0.2) is 4.98 Å². The summed E-state index contributed by atoms with van der Waals surface area (Å²) < 4.78 is 7.66. The Morgan fingerprint density at radius 2 is 1.89 bits per heavy atom. The summed E-state index contributed by atoms with van der Waals surface area (Å²) in [7, 11) is 0. The molecule has 3 aromatic rings. The van der Waals surface area contributed by atoms with Crippen molar-refractivity contribution in [1.29, 1.82) is 0 Å². The van der Waals surface area contributed by atoms with E-state index in [9.17, 15) is 4.79 Å². The number of aromatic nitrogens is 4. The number of anilines is 1. The summed E-state index contributed by atoms with van der Waals surface area (Å²) in [6.45, 7) is 10.8. The van der Waals surface area contributed by atoms with E-state index >= 15 is 0 Å². The normalized spacial score (nSPS) is 15.4. The molecule has 0 N–H and O–H groups in total. The van der Waals surface area contributed by atoms with Crippen molar-refractivity contribution in [2.45, 2.75) is 39.5 Å². The number of nitrogens with zero attached hydrogens (tertiary/aromatic N) is 6. The van der Waals surface area contributed by atoms with Crippen LogP contribution in [0.3, 0.4) is 0 Å². The first-order valence-corrected chi connectivity index (χ1v) is 9.72. The maximum atomic E-state index is 13.2. The molecular weight excluding hydrogens is 356 g/mol. The maximum absolute atomic E-state index is 13.2. The zero-order valence-corrected chi connectivity index (χ0v) is 16.8. The van der Waals surface area contributed by atoms with Crippen molar-refractivity contribution in [3.05, 3.63) is 41.8 Å². The van der Waals surface area contributed by atoms with Gasteiger partial charge in [0.2, 0.25) is 5.89 Å². The van der Waals surface area contributed by atoms with Gasteiger partial charge >= 0.3 is 6.01 Å². The van der Waals surface area contributed by atoms with Crippen LogP contribution in [0.2, 0.25) is 0 Å². The highest BCUT2D eigenvalue weighted by atomic mass is 16.4. The molecule has 3 aromatic heterocycles. The second kappa shape index (κ2) is 6.92. The van der Waals surface area contributed by atoms with Crippen LogP contribution in [0.15, 0.2) is 28.8 Å². The third-order valence-corrected chi connectivity index (χ3v) is 5.02.